The Morgan fingerprint density at radius 1 is 1.11 bits per heavy atom. The van der Waals surface area contributed by atoms with Gasteiger partial charge in [0.1, 0.15) is 0 Å². The Bertz CT molecular complexity index is 809. The second-order valence-corrected chi connectivity index (χ2v) is 7.89. The van der Waals surface area contributed by atoms with E-state index in [-0.39, 0.29) is 11.9 Å². The van der Waals surface area contributed by atoms with Crippen LogP contribution in [0.1, 0.15) is 49.5 Å². The van der Waals surface area contributed by atoms with Crippen molar-refractivity contribution in [1.29, 1.82) is 0 Å². The first-order valence-electron chi connectivity index (χ1n) is 10.1. The van der Waals surface area contributed by atoms with Crippen LogP contribution in [0.3, 0.4) is 0 Å². The highest BCUT2D eigenvalue weighted by atomic mass is 16.2. The second-order valence-electron chi connectivity index (χ2n) is 7.89. The zero-order valence-corrected chi connectivity index (χ0v) is 16.4. The first-order chi connectivity index (χ1) is 13.1. The standard InChI is InChI=1S/C21H29N5O/c1-16-11-17(18-13-22-24(2)14-18)12-19(23-16)20-7-6-10-26(20)15-21(27)25-8-4-3-5-9-25/h11-14,20H,3-10,15H2,1-2H3/t20-/m1/s1. The van der Waals surface area contributed by atoms with E-state index in [4.69, 9.17) is 4.98 Å². The van der Waals surface area contributed by atoms with Crippen molar-refractivity contribution >= 4 is 5.91 Å². The van der Waals surface area contributed by atoms with E-state index in [9.17, 15) is 4.79 Å². The first-order valence-corrected chi connectivity index (χ1v) is 10.1. The van der Waals surface area contributed by atoms with Crippen LogP contribution in [-0.4, -0.2) is 56.7 Å². The van der Waals surface area contributed by atoms with Gasteiger partial charge in [-0.25, -0.2) is 0 Å². The number of nitrogens with zero attached hydrogens (tertiary/aromatic N) is 5. The highest BCUT2D eigenvalue weighted by molar-refractivity contribution is 5.78. The number of rotatable bonds is 4. The average molecular weight is 367 g/mol. The zero-order valence-electron chi connectivity index (χ0n) is 16.4. The van der Waals surface area contributed by atoms with Gasteiger partial charge in [-0.15, -0.1) is 0 Å². The number of aromatic nitrogens is 3. The Kier molecular flexibility index (Phi) is 5.25. The predicted octanol–water partition coefficient (Wildman–Crippen LogP) is 2.94. The van der Waals surface area contributed by atoms with E-state index >= 15 is 0 Å². The molecule has 0 saturated carbocycles. The third-order valence-electron chi connectivity index (χ3n) is 5.76. The van der Waals surface area contributed by atoms with Crippen molar-refractivity contribution in [3.63, 3.8) is 0 Å². The average Bonchev–Trinajstić information content (AvgIpc) is 3.31. The summed E-state index contributed by atoms with van der Waals surface area (Å²) in [5, 5.41) is 4.29. The molecule has 0 aromatic carbocycles. The maximum Gasteiger partial charge on any atom is 0.236 e. The van der Waals surface area contributed by atoms with Crippen molar-refractivity contribution in [2.75, 3.05) is 26.2 Å². The first kappa shape index (κ1) is 18.2. The van der Waals surface area contributed by atoms with Crippen LogP contribution in [0.15, 0.2) is 24.5 Å². The molecule has 0 unspecified atom stereocenters. The Morgan fingerprint density at radius 3 is 2.67 bits per heavy atom. The fourth-order valence-corrected chi connectivity index (χ4v) is 4.37. The maximum absolute atomic E-state index is 12.7. The minimum Gasteiger partial charge on any atom is -0.342 e. The van der Waals surface area contributed by atoms with Gasteiger partial charge in [-0.2, -0.15) is 5.10 Å². The summed E-state index contributed by atoms with van der Waals surface area (Å²) in [5.74, 6) is 0.279. The molecule has 2 aliphatic rings. The largest absolute Gasteiger partial charge is 0.342 e. The van der Waals surface area contributed by atoms with Gasteiger partial charge in [-0.05, 0) is 63.3 Å². The monoisotopic (exact) mass is 367 g/mol. The summed E-state index contributed by atoms with van der Waals surface area (Å²) in [6.45, 7) is 5.38. The third-order valence-corrected chi connectivity index (χ3v) is 5.76. The van der Waals surface area contributed by atoms with Gasteiger partial charge >= 0.3 is 0 Å². The summed E-state index contributed by atoms with van der Waals surface area (Å²) in [6.07, 6.45) is 9.65. The minimum atomic E-state index is 0.231. The number of hydrogen-bond donors (Lipinski definition) is 0. The lowest BCUT2D eigenvalue weighted by Crippen LogP contribution is -2.42. The van der Waals surface area contributed by atoms with Crippen molar-refractivity contribution < 1.29 is 4.79 Å². The molecule has 2 fully saturated rings. The van der Waals surface area contributed by atoms with E-state index < -0.39 is 0 Å². The van der Waals surface area contributed by atoms with Crippen molar-refractivity contribution in [2.45, 2.75) is 45.1 Å². The van der Waals surface area contributed by atoms with Gasteiger partial charge in [-0.3, -0.25) is 19.4 Å². The molecule has 6 heteroatoms. The molecular formula is C21H29N5O. The molecule has 1 atom stereocenters. The number of carbonyl (C=O) groups excluding carboxylic acids is 1. The summed E-state index contributed by atoms with van der Waals surface area (Å²) in [6, 6.07) is 4.52. The number of carbonyl (C=O) groups is 1. The topological polar surface area (TPSA) is 54.3 Å². The number of amides is 1. The molecule has 2 aromatic heterocycles. The SMILES string of the molecule is Cc1cc(-c2cnn(C)c2)cc([C@H]2CCCN2CC(=O)N2CCCCC2)n1. The van der Waals surface area contributed by atoms with Crippen LogP contribution < -0.4 is 0 Å². The number of piperidine rings is 1. The number of aryl methyl sites for hydroxylation is 2. The number of hydrogen-bond acceptors (Lipinski definition) is 4. The van der Waals surface area contributed by atoms with Crippen LogP contribution in [0.25, 0.3) is 11.1 Å². The lowest BCUT2D eigenvalue weighted by Gasteiger charge is -2.30. The van der Waals surface area contributed by atoms with Crippen LogP contribution in [0.2, 0.25) is 0 Å². The summed E-state index contributed by atoms with van der Waals surface area (Å²) < 4.78 is 1.82. The molecule has 6 nitrogen and oxygen atoms in total. The van der Waals surface area contributed by atoms with Crippen LogP contribution in [0, 0.1) is 6.92 Å². The Morgan fingerprint density at radius 2 is 1.93 bits per heavy atom. The fraction of sp³-hybridized carbons (Fsp3) is 0.571. The summed E-state index contributed by atoms with van der Waals surface area (Å²) in [4.78, 5) is 21.9. The summed E-state index contributed by atoms with van der Waals surface area (Å²) >= 11 is 0. The van der Waals surface area contributed by atoms with Gasteiger partial charge in [0, 0.05) is 37.6 Å². The van der Waals surface area contributed by atoms with Gasteiger partial charge in [0.25, 0.3) is 0 Å². The van der Waals surface area contributed by atoms with Gasteiger partial charge in [0.05, 0.1) is 24.5 Å². The summed E-state index contributed by atoms with van der Waals surface area (Å²) in [7, 11) is 1.93. The normalized spacial score (nSPS) is 21.0. The lowest BCUT2D eigenvalue weighted by molar-refractivity contribution is -0.133. The molecule has 0 N–H and O–H groups in total. The molecule has 0 radical (unpaired) electrons. The van der Waals surface area contributed by atoms with Gasteiger partial charge in [0.2, 0.25) is 5.91 Å². The molecule has 1 amide bonds. The number of pyridine rings is 1. The molecule has 2 aromatic rings. The van der Waals surface area contributed by atoms with E-state index in [1.165, 1.54) is 6.42 Å². The molecule has 2 aliphatic heterocycles. The van der Waals surface area contributed by atoms with Crippen molar-refractivity contribution in [1.82, 2.24) is 24.6 Å². The maximum atomic E-state index is 12.7. The van der Waals surface area contributed by atoms with Crippen molar-refractivity contribution in [2.24, 2.45) is 7.05 Å². The molecule has 0 spiro atoms. The van der Waals surface area contributed by atoms with Gasteiger partial charge in [0.15, 0.2) is 0 Å². The molecule has 0 bridgehead atoms. The highest BCUT2D eigenvalue weighted by Gasteiger charge is 2.30. The van der Waals surface area contributed by atoms with Crippen LogP contribution in [-0.2, 0) is 11.8 Å². The highest BCUT2D eigenvalue weighted by Crippen LogP contribution is 2.33. The Balaban J connectivity index is 1.53. The van der Waals surface area contributed by atoms with E-state index in [0.29, 0.717) is 6.54 Å². The van der Waals surface area contributed by atoms with Crippen LogP contribution in [0.4, 0.5) is 0 Å². The predicted molar refractivity (Wildman–Crippen MR) is 105 cm³/mol. The van der Waals surface area contributed by atoms with Crippen molar-refractivity contribution in [3.05, 3.63) is 35.9 Å². The molecule has 0 aliphatic carbocycles. The summed E-state index contributed by atoms with van der Waals surface area (Å²) in [5.41, 5.74) is 4.36. The van der Waals surface area contributed by atoms with E-state index in [1.54, 1.807) is 0 Å². The molecule has 144 valence electrons. The van der Waals surface area contributed by atoms with Gasteiger partial charge in [-0.1, -0.05) is 0 Å². The lowest BCUT2D eigenvalue weighted by atomic mass is 10.0. The van der Waals surface area contributed by atoms with E-state index in [0.717, 1.165) is 67.8 Å². The van der Waals surface area contributed by atoms with E-state index in [2.05, 4.69) is 22.1 Å². The fourth-order valence-electron chi connectivity index (χ4n) is 4.37. The molecule has 27 heavy (non-hydrogen) atoms. The second kappa shape index (κ2) is 7.80. The van der Waals surface area contributed by atoms with E-state index in [1.807, 2.05) is 35.9 Å². The smallest absolute Gasteiger partial charge is 0.236 e. The van der Waals surface area contributed by atoms with Gasteiger partial charge < -0.3 is 4.90 Å². The van der Waals surface area contributed by atoms with Crippen LogP contribution in [0.5, 0.6) is 0 Å². The molecular weight excluding hydrogens is 338 g/mol. The Hall–Kier alpha value is -2.21. The Labute approximate surface area is 161 Å². The van der Waals surface area contributed by atoms with Crippen molar-refractivity contribution in [3.8, 4) is 11.1 Å². The minimum absolute atomic E-state index is 0.231. The molecule has 4 heterocycles. The quantitative estimate of drug-likeness (QED) is 0.834. The molecule has 2 saturated heterocycles. The zero-order chi connectivity index (χ0) is 18.8. The number of likely N-dealkylation sites (tertiary alicyclic amines) is 2. The van der Waals surface area contributed by atoms with Crippen LogP contribution >= 0.6 is 0 Å². The molecule has 4 rings (SSSR count). The third kappa shape index (κ3) is 4.05.